The zero-order chi connectivity index (χ0) is 21.8. The van der Waals surface area contributed by atoms with Crippen LogP contribution >= 0.6 is 11.3 Å². The summed E-state index contributed by atoms with van der Waals surface area (Å²) in [6.45, 7) is 8.32. The van der Waals surface area contributed by atoms with Crippen LogP contribution in [0, 0.1) is 0 Å². The molecule has 0 radical (unpaired) electrons. The first-order valence-corrected chi connectivity index (χ1v) is 12.0. The number of amides is 1. The van der Waals surface area contributed by atoms with Crippen LogP contribution in [0.1, 0.15) is 19.8 Å². The minimum atomic E-state index is -0.162. The first-order chi connectivity index (χ1) is 15.0. The van der Waals surface area contributed by atoms with Gasteiger partial charge in [0.25, 0.3) is 0 Å². The van der Waals surface area contributed by atoms with Crippen molar-refractivity contribution in [2.75, 3.05) is 58.7 Å². The minimum Gasteiger partial charge on any atom is -0.497 e. The van der Waals surface area contributed by atoms with Crippen molar-refractivity contribution in [3.63, 3.8) is 0 Å². The van der Waals surface area contributed by atoms with Crippen molar-refractivity contribution in [2.45, 2.75) is 31.8 Å². The molecule has 2 atom stereocenters. The molecule has 2 saturated heterocycles. The van der Waals surface area contributed by atoms with Crippen LogP contribution in [0.5, 0.6) is 5.75 Å². The number of likely N-dealkylation sites (N-methyl/N-ethyl adjacent to an activating group) is 1. The van der Waals surface area contributed by atoms with Crippen molar-refractivity contribution in [3.8, 4) is 17.0 Å². The lowest BCUT2D eigenvalue weighted by molar-refractivity contribution is -0.121. The second kappa shape index (κ2) is 10.1. The van der Waals surface area contributed by atoms with Gasteiger partial charge in [-0.25, -0.2) is 4.98 Å². The highest BCUT2D eigenvalue weighted by atomic mass is 32.1. The molecule has 2 aliphatic rings. The Hall–Kier alpha value is -2.00. The van der Waals surface area contributed by atoms with Crippen LogP contribution in [0.15, 0.2) is 29.6 Å². The summed E-state index contributed by atoms with van der Waals surface area (Å²) in [7, 11) is 3.87. The van der Waals surface area contributed by atoms with E-state index in [1.54, 1.807) is 7.11 Å². The van der Waals surface area contributed by atoms with Gasteiger partial charge in [-0.1, -0.05) is 0 Å². The van der Waals surface area contributed by atoms with Gasteiger partial charge in [0.1, 0.15) is 5.75 Å². The molecule has 4 rings (SSSR count). The van der Waals surface area contributed by atoms with Crippen molar-refractivity contribution in [3.05, 3.63) is 29.6 Å². The molecule has 3 heterocycles. The van der Waals surface area contributed by atoms with Gasteiger partial charge < -0.3 is 15.0 Å². The van der Waals surface area contributed by atoms with Crippen LogP contribution in [0.3, 0.4) is 0 Å². The van der Waals surface area contributed by atoms with Gasteiger partial charge in [-0.05, 0) is 57.6 Å². The van der Waals surface area contributed by atoms with E-state index in [0.717, 1.165) is 49.7 Å². The molecule has 31 heavy (non-hydrogen) atoms. The van der Waals surface area contributed by atoms with Crippen molar-refractivity contribution < 1.29 is 9.53 Å². The highest BCUT2D eigenvalue weighted by molar-refractivity contribution is 7.14. The number of benzene rings is 1. The van der Waals surface area contributed by atoms with E-state index in [1.807, 2.05) is 36.6 Å². The number of hydrogen-bond donors (Lipinski definition) is 1. The summed E-state index contributed by atoms with van der Waals surface area (Å²) >= 11 is 1.46. The Labute approximate surface area is 189 Å². The number of carbonyl (C=O) groups excluding carboxylic acids is 1. The Morgan fingerprint density at radius 1 is 1.19 bits per heavy atom. The minimum absolute atomic E-state index is 0.0153. The summed E-state index contributed by atoms with van der Waals surface area (Å²) < 4.78 is 5.21. The predicted octanol–water partition coefficient (Wildman–Crippen LogP) is 2.86. The molecule has 0 spiro atoms. The van der Waals surface area contributed by atoms with E-state index in [-0.39, 0.29) is 11.9 Å². The number of methoxy groups -OCH3 is 1. The topological polar surface area (TPSA) is 60.9 Å². The van der Waals surface area contributed by atoms with Gasteiger partial charge in [0.05, 0.1) is 18.8 Å². The van der Waals surface area contributed by atoms with E-state index >= 15 is 0 Å². The predicted molar refractivity (Wildman–Crippen MR) is 126 cm³/mol. The first kappa shape index (κ1) is 22.2. The summed E-state index contributed by atoms with van der Waals surface area (Å²) in [5, 5.41) is 5.63. The molecular weight excluding hydrogens is 410 g/mol. The van der Waals surface area contributed by atoms with Gasteiger partial charge in [0.15, 0.2) is 5.13 Å². The van der Waals surface area contributed by atoms with Crippen molar-refractivity contribution >= 4 is 22.4 Å². The Bertz CT molecular complexity index is 863. The van der Waals surface area contributed by atoms with E-state index in [2.05, 4.69) is 32.0 Å². The first-order valence-electron chi connectivity index (χ1n) is 11.1. The number of hydrogen-bond acceptors (Lipinski definition) is 7. The number of likely N-dealkylation sites (tertiary alicyclic amines) is 1. The number of thiazole rings is 1. The molecule has 168 valence electrons. The van der Waals surface area contributed by atoms with E-state index in [0.29, 0.717) is 11.2 Å². The molecule has 7 nitrogen and oxygen atoms in total. The maximum absolute atomic E-state index is 12.8. The van der Waals surface area contributed by atoms with Crippen LogP contribution in [0.25, 0.3) is 11.3 Å². The Kier molecular flexibility index (Phi) is 7.22. The monoisotopic (exact) mass is 443 g/mol. The molecule has 0 bridgehead atoms. The Balaban J connectivity index is 1.28. The molecular formula is C23H33N5O2S. The molecule has 2 aromatic rings. The van der Waals surface area contributed by atoms with Crippen molar-refractivity contribution in [1.29, 1.82) is 0 Å². The SMILES string of the molecule is COc1ccc(-c2csc(NC(=O)C(C)N3CCN(C4CCCN(C)C4)CC3)n2)cc1. The molecule has 0 aliphatic carbocycles. The third-order valence-electron chi connectivity index (χ3n) is 6.51. The molecule has 1 aromatic carbocycles. The van der Waals surface area contributed by atoms with Gasteiger partial charge in [0.2, 0.25) is 5.91 Å². The number of aromatic nitrogens is 1. The number of nitrogens with one attached hydrogen (secondary N) is 1. The normalized spacial score (nSPS) is 22.2. The molecule has 1 aromatic heterocycles. The Morgan fingerprint density at radius 3 is 2.61 bits per heavy atom. The standard InChI is InChI=1S/C23H33N5O2S/c1-17(27-11-13-28(14-12-27)19-5-4-10-26(2)15-19)22(29)25-23-24-21(16-31-23)18-6-8-20(30-3)9-7-18/h6-9,16-17,19H,4-5,10-15H2,1-3H3,(H,24,25,29). The summed E-state index contributed by atoms with van der Waals surface area (Å²) in [6, 6.07) is 8.29. The van der Waals surface area contributed by atoms with Crippen molar-refractivity contribution in [1.82, 2.24) is 19.7 Å². The van der Waals surface area contributed by atoms with E-state index < -0.39 is 0 Å². The Morgan fingerprint density at radius 2 is 1.94 bits per heavy atom. The maximum Gasteiger partial charge on any atom is 0.243 e. The number of piperidine rings is 1. The lowest BCUT2D eigenvalue weighted by Gasteiger charge is -2.43. The third-order valence-corrected chi connectivity index (χ3v) is 7.27. The third kappa shape index (κ3) is 5.44. The van der Waals surface area contributed by atoms with Crippen LogP contribution < -0.4 is 10.1 Å². The molecule has 1 N–H and O–H groups in total. The van der Waals surface area contributed by atoms with Crippen LogP contribution in [-0.4, -0.2) is 91.1 Å². The summed E-state index contributed by atoms with van der Waals surface area (Å²) in [6.07, 6.45) is 2.58. The quantitative estimate of drug-likeness (QED) is 0.741. The zero-order valence-corrected chi connectivity index (χ0v) is 19.5. The van der Waals surface area contributed by atoms with Crippen LogP contribution in [0.4, 0.5) is 5.13 Å². The fourth-order valence-electron chi connectivity index (χ4n) is 4.53. The second-order valence-corrected chi connectivity index (χ2v) is 9.42. The van der Waals surface area contributed by atoms with Crippen molar-refractivity contribution in [2.24, 2.45) is 0 Å². The summed E-state index contributed by atoms with van der Waals surface area (Å²) in [4.78, 5) is 24.8. The van der Waals surface area contributed by atoms with Gasteiger partial charge in [0, 0.05) is 49.7 Å². The largest absolute Gasteiger partial charge is 0.497 e. The number of ether oxygens (including phenoxy) is 1. The number of anilines is 1. The fraction of sp³-hybridized carbons (Fsp3) is 0.565. The van der Waals surface area contributed by atoms with E-state index in [9.17, 15) is 4.79 Å². The van der Waals surface area contributed by atoms with Gasteiger partial charge >= 0.3 is 0 Å². The van der Waals surface area contributed by atoms with Gasteiger partial charge in [-0.3, -0.25) is 14.6 Å². The molecule has 2 unspecified atom stereocenters. The molecule has 2 fully saturated rings. The van der Waals surface area contributed by atoms with E-state index in [1.165, 1.54) is 30.7 Å². The van der Waals surface area contributed by atoms with Gasteiger partial charge in [-0.2, -0.15) is 0 Å². The molecule has 2 aliphatic heterocycles. The maximum atomic E-state index is 12.8. The average molecular weight is 444 g/mol. The highest BCUT2D eigenvalue weighted by Gasteiger charge is 2.30. The number of carbonyl (C=O) groups is 1. The summed E-state index contributed by atoms with van der Waals surface area (Å²) in [5.41, 5.74) is 1.87. The number of nitrogens with zero attached hydrogens (tertiary/aromatic N) is 4. The summed E-state index contributed by atoms with van der Waals surface area (Å²) in [5.74, 6) is 0.832. The van der Waals surface area contributed by atoms with E-state index in [4.69, 9.17) is 4.74 Å². The smallest absolute Gasteiger partial charge is 0.243 e. The highest BCUT2D eigenvalue weighted by Crippen LogP contribution is 2.27. The molecule has 0 saturated carbocycles. The average Bonchev–Trinajstić information content (AvgIpc) is 3.27. The van der Waals surface area contributed by atoms with Crippen LogP contribution in [-0.2, 0) is 4.79 Å². The lowest BCUT2D eigenvalue weighted by atomic mass is 10.0. The molecule has 1 amide bonds. The fourth-order valence-corrected chi connectivity index (χ4v) is 5.25. The number of piperazine rings is 1. The second-order valence-electron chi connectivity index (χ2n) is 8.56. The number of rotatable bonds is 6. The lowest BCUT2D eigenvalue weighted by Crippen LogP contribution is -2.57. The molecule has 8 heteroatoms. The van der Waals surface area contributed by atoms with Crippen LogP contribution in [0.2, 0.25) is 0 Å². The zero-order valence-electron chi connectivity index (χ0n) is 18.7. The van der Waals surface area contributed by atoms with Gasteiger partial charge in [-0.15, -0.1) is 11.3 Å².